The number of hydrogen-bond donors (Lipinski definition) is 1. The maximum atomic E-state index is 12.8. The second-order valence-corrected chi connectivity index (χ2v) is 9.27. The molecule has 0 saturated carbocycles. The van der Waals surface area contributed by atoms with E-state index < -0.39 is 10.0 Å². The van der Waals surface area contributed by atoms with Gasteiger partial charge in [0.05, 0.1) is 4.90 Å². The Morgan fingerprint density at radius 1 is 0.964 bits per heavy atom. The second kappa shape index (κ2) is 8.43. The van der Waals surface area contributed by atoms with Gasteiger partial charge in [0.2, 0.25) is 10.0 Å². The number of benzene rings is 2. The van der Waals surface area contributed by atoms with Gasteiger partial charge < -0.3 is 10.2 Å². The van der Waals surface area contributed by atoms with Crippen molar-refractivity contribution in [2.45, 2.75) is 25.3 Å². The van der Waals surface area contributed by atoms with Crippen molar-refractivity contribution < 1.29 is 13.2 Å². The van der Waals surface area contributed by atoms with Crippen molar-refractivity contribution >= 4 is 15.9 Å². The molecule has 1 saturated heterocycles. The van der Waals surface area contributed by atoms with E-state index >= 15 is 0 Å². The molecule has 0 unspecified atom stereocenters. The van der Waals surface area contributed by atoms with Gasteiger partial charge in [-0.2, -0.15) is 4.31 Å². The summed E-state index contributed by atoms with van der Waals surface area (Å²) in [6.07, 6.45) is 0. The summed E-state index contributed by atoms with van der Waals surface area (Å²) in [6, 6.07) is 12.4. The molecule has 150 valence electrons. The quantitative estimate of drug-likeness (QED) is 0.834. The number of hydrogen-bond acceptors (Lipinski definition) is 4. The molecular formula is C21H27N3O3S. The largest absolute Gasteiger partial charge is 0.348 e. The molecule has 0 atom stereocenters. The zero-order valence-electron chi connectivity index (χ0n) is 16.6. The molecule has 6 nitrogen and oxygen atoms in total. The average molecular weight is 402 g/mol. The molecule has 0 radical (unpaired) electrons. The molecule has 2 aromatic carbocycles. The van der Waals surface area contributed by atoms with E-state index in [0.29, 0.717) is 30.1 Å². The Morgan fingerprint density at radius 3 is 2.21 bits per heavy atom. The van der Waals surface area contributed by atoms with Crippen molar-refractivity contribution in [1.29, 1.82) is 0 Å². The summed E-state index contributed by atoms with van der Waals surface area (Å²) in [4.78, 5) is 14.7. The second-order valence-electron chi connectivity index (χ2n) is 7.33. The Bertz CT molecular complexity index is 947. The first-order valence-electron chi connectivity index (χ1n) is 9.40. The minimum atomic E-state index is -3.47. The standard InChI is InChI=1S/C21H27N3O3S/c1-16-4-7-19(14-17(16)2)21(25)22-15-18-5-8-20(9-6-18)28(26,27)24-12-10-23(3)11-13-24/h4-9,14H,10-13,15H2,1-3H3,(H,22,25). The molecule has 1 aliphatic rings. The van der Waals surface area contributed by atoms with Crippen molar-refractivity contribution in [3.8, 4) is 0 Å². The van der Waals surface area contributed by atoms with Crippen LogP contribution in [0.15, 0.2) is 47.4 Å². The molecule has 0 aromatic heterocycles. The number of nitrogens with one attached hydrogen (secondary N) is 1. The van der Waals surface area contributed by atoms with Gasteiger partial charge in [-0.25, -0.2) is 8.42 Å². The van der Waals surface area contributed by atoms with E-state index in [9.17, 15) is 13.2 Å². The number of carbonyl (C=O) groups excluding carboxylic acids is 1. The van der Waals surface area contributed by atoms with Crippen LogP contribution in [0.2, 0.25) is 0 Å². The fraction of sp³-hybridized carbons (Fsp3) is 0.381. The molecule has 1 heterocycles. The molecule has 1 aliphatic heterocycles. The number of amides is 1. The molecule has 3 rings (SSSR count). The molecule has 0 bridgehead atoms. The lowest BCUT2D eigenvalue weighted by molar-refractivity contribution is 0.0951. The Labute approximate surface area is 167 Å². The molecule has 1 N–H and O–H groups in total. The van der Waals surface area contributed by atoms with Crippen LogP contribution in [-0.2, 0) is 16.6 Å². The zero-order valence-corrected chi connectivity index (χ0v) is 17.4. The van der Waals surface area contributed by atoms with Gasteiger partial charge in [0.25, 0.3) is 5.91 Å². The monoisotopic (exact) mass is 401 g/mol. The van der Waals surface area contributed by atoms with E-state index in [-0.39, 0.29) is 5.91 Å². The number of likely N-dealkylation sites (N-methyl/N-ethyl adjacent to an activating group) is 1. The number of carbonyl (C=O) groups is 1. The summed E-state index contributed by atoms with van der Waals surface area (Å²) in [6.45, 7) is 6.82. The summed E-state index contributed by atoms with van der Waals surface area (Å²) in [5.41, 5.74) is 3.70. The summed E-state index contributed by atoms with van der Waals surface area (Å²) < 4.78 is 27.0. The van der Waals surface area contributed by atoms with Gasteiger partial charge in [0.1, 0.15) is 0 Å². The van der Waals surface area contributed by atoms with Crippen LogP contribution in [0.3, 0.4) is 0 Å². The molecule has 28 heavy (non-hydrogen) atoms. The number of sulfonamides is 1. The zero-order chi connectivity index (χ0) is 20.3. The Hall–Kier alpha value is -2.22. The van der Waals surface area contributed by atoms with Crippen LogP contribution in [0.4, 0.5) is 0 Å². The highest BCUT2D eigenvalue weighted by Crippen LogP contribution is 2.18. The molecule has 0 aliphatic carbocycles. The fourth-order valence-electron chi connectivity index (χ4n) is 3.12. The lowest BCUT2D eigenvalue weighted by Gasteiger charge is -2.31. The minimum absolute atomic E-state index is 0.141. The average Bonchev–Trinajstić information content (AvgIpc) is 2.69. The van der Waals surface area contributed by atoms with Crippen molar-refractivity contribution in [3.05, 3.63) is 64.7 Å². The first-order valence-corrected chi connectivity index (χ1v) is 10.8. The summed E-state index contributed by atoms with van der Waals surface area (Å²) in [5.74, 6) is -0.141. The maximum absolute atomic E-state index is 12.8. The van der Waals surface area contributed by atoms with Gasteiger partial charge in [-0.05, 0) is 61.9 Å². The Morgan fingerprint density at radius 2 is 1.61 bits per heavy atom. The number of aryl methyl sites for hydroxylation is 2. The van der Waals surface area contributed by atoms with Crippen LogP contribution in [0.1, 0.15) is 27.0 Å². The smallest absolute Gasteiger partial charge is 0.251 e. The molecule has 2 aromatic rings. The highest BCUT2D eigenvalue weighted by Gasteiger charge is 2.27. The normalized spacial score (nSPS) is 16.1. The highest BCUT2D eigenvalue weighted by atomic mass is 32.2. The van der Waals surface area contributed by atoms with E-state index in [1.807, 2.05) is 39.1 Å². The van der Waals surface area contributed by atoms with E-state index in [1.54, 1.807) is 24.3 Å². The third-order valence-corrected chi connectivity index (χ3v) is 7.16. The molecular weight excluding hydrogens is 374 g/mol. The fourth-order valence-corrected chi connectivity index (χ4v) is 4.55. The molecule has 7 heteroatoms. The lowest BCUT2D eigenvalue weighted by atomic mass is 10.1. The van der Waals surface area contributed by atoms with Crippen LogP contribution < -0.4 is 5.32 Å². The summed E-state index contributed by atoms with van der Waals surface area (Å²) >= 11 is 0. The third-order valence-electron chi connectivity index (χ3n) is 5.25. The van der Waals surface area contributed by atoms with Gasteiger partial charge in [-0.3, -0.25) is 4.79 Å². The van der Waals surface area contributed by atoms with E-state index in [2.05, 4.69) is 10.2 Å². The van der Waals surface area contributed by atoms with Gasteiger partial charge in [-0.15, -0.1) is 0 Å². The topological polar surface area (TPSA) is 69.7 Å². The predicted octanol–water partition coefficient (Wildman–Crippen LogP) is 2.17. The van der Waals surface area contributed by atoms with Gasteiger partial charge in [0.15, 0.2) is 0 Å². The Kier molecular flexibility index (Phi) is 6.17. The van der Waals surface area contributed by atoms with Crippen LogP contribution in [0, 0.1) is 13.8 Å². The van der Waals surface area contributed by atoms with Crippen LogP contribution >= 0.6 is 0 Å². The van der Waals surface area contributed by atoms with Crippen molar-refractivity contribution in [3.63, 3.8) is 0 Å². The number of piperazine rings is 1. The molecule has 1 amide bonds. The molecule has 0 spiro atoms. The first-order chi connectivity index (χ1) is 13.3. The lowest BCUT2D eigenvalue weighted by Crippen LogP contribution is -2.47. The van der Waals surface area contributed by atoms with Gasteiger partial charge in [-0.1, -0.05) is 18.2 Å². The van der Waals surface area contributed by atoms with Crippen molar-refractivity contribution in [1.82, 2.24) is 14.5 Å². The van der Waals surface area contributed by atoms with Crippen LogP contribution in [-0.4, -0.2) is 56.8 Å². The van der Waals surface area contributed by atoms with E-state index in [0.717, 1.165) is 29.8 Å². The van der Waals surface area contributed by atoms with Gasteiger partial charge >= 0.3 is 0 Å². The van der Waals surface area contributed by atoms with Crippen molar-refractivity contribution in [2.24, 2.45) is 0 Å². The van der Waals surface area contributed by atoms with Crippen LogP contribution in [0.25, 0.3) is 0 Å². The first kappa shape index (κ1) is 20.5. The van der Waals surface area contributed by atoms with E-state index in [1.165, 1.54) is 4.31 Å². The predicted molar refractivity (Wildman–Crippen MR) is 110 cm³/mol. The summed E-state index contributed by atoms with van der Waals surface area (Å²) in [7, 11) is -1.47. The van der Waals surface area contributed by atoms with Gasteiger partial charge in [0, 0.05) is 38.3 Å². The number of rotatable bonds is 5. The molecule has 1 fully saturated rings. The van der Waals surface area contributed by atoms with Crippen molar-refractivity contribution in [2.75, 3.05) is 33.2 Å². The third kappa shape index (κ3) is 4.60. The SMILES string of the molecule is Cc1ccc(C(=O)NCc2ccc(S(=O)(=O)N3CCN(C)CC3)cc2)cc1C. The Balaban J connectivity index is 1.62. The number of nitrogens with zero attached hydrogens (tertiary/aromatic N) is 2. The maximum Gasteiger partial charge on any atom is 0.251 e. The minimum Gasteiger partial charge on any atom is -0.348 e. The summed E-state index contributed by atoms with van der Waals surface area (Å²) in [5, 5.41) is 2.88. The van der Waals surface area contributed by atoms with E-state index in [4.69, 9.17) is 0 Å². The van der Waals surface area contributed by atoms with Crippen LogP contribution in [0.5, 0.6) is 0 Å². The highest BCUT2D eigenvalue weighted by molar-refractivity contribution is 7.89.